The number of methoxy groups -OCH3 is 1. The minimum Gasteiger partial charge on any atom is -0.497 e. The van der Waals surface area contributed by atoms with E-state index in [1.807, 2.05) is 30.5 Å². The lowest BCUT2D eigenvalue weighted by atomic mass is 9.71. The third kappa shape index (κ3) is 3.62. The monoisotopic (exact) mass is 429 g/mol. The van der Waals surface area contributed by atoms with Crippen LogP contribution in [0.15, 0.2) is 67.4 Å². The lowest BCUT2D eigenvalue weighted by Gasteiger charge is -2.58. The van der Waals surface area contributed by atoms with Crippen LogP contribution in [0, 0.1) is 18.8 Å². The number of aromatic nitrogens is 1. The summed E-state index contributed by atoms with van der Waals surface area (Å²) < 4.78 is 6.39. The molecule has 0 radical (unpaired) electrons. The molecule has 4 unspecified atom stereocenters. The van der Waals surface area contributed by atoms with E-state index in [0.29, 0.717) is 11.8 Å². The van der Waals surface area contributed by atoms with Gasteiger partial charge < -0.3 is 14.3 Å². The maximum atomic E-state index is 11.9. The van der Waals surface area contributed by atoms with E-state index in [1.165, 1.54) is 17.5 Å². The van der Waals surface area contributed by atoms with Gasteiger partial charge in [-0.25, -0.2) is 0 Å². The van der Waals surface area contributed by atoms with Crippen LogP contribution in [-0.2, 0) is 6.54 Å². The molecule has 0 aliphatic carbocycles. The van der Waals surface area contributed by atoms with Crippen LogP contribution in [0.2, 0.25) is 0 Å². The zero-order valence-corrected chi connectivity index (χ0v) is 19.1. The normalized spacial score (nSPS) is 27.9. The minimum atomic E-state index is -0.549. The second kappa shape index (κ2) is 8.34. The fourth-order valence-corrected chi connectivity index (χ4v) is 6.18. The molecule has 3 saturated heterocycles. The van der Waals surface area contributed by atoms with Crippen molar-refractivity contribution in [1.82, 2.24) is 4.98 Å². The average Bonchev–Trinajstić information content (AvgIpc) is 2.84. The van der Waals surface area contributed by atoms with E-state index in [9.17, 15) is 5.11 Å². The Labute approximate surface area is 190 Å². The van der Waals surface area contributed by atoms with Gasteiger partial charge in [-0.2, -0.15) is 0 Å². The summed E-state index contributed by atoms with van der Waals surface area (Å²) in [5.41, 5.74) is 4.48. The standard InChI is InChI=1S/C28H33N2O2/c1-4-21-18-30(17-20-7-5-19(2)6-8-20)14-12-22(21)15-27(30)28(31)24-11-13-29-26-10-9-23(32-3)16-25(24)26/h4-11,13,16,21-22,27-28,31H,1,12,14-15,17-18H2,2-3H3/q+1/t21?,22?,27?,28-,30?/m0/s1. The molecule has 5 atom stereocenters. The number of quaternary nitrogens is 1. The fraction of sp³-hybridized carbons (Fsp3) is 0.393. The van der Waals surface area contributed by atoms with Crippen molar-refractivity contribution in [1.29, 1.82) is 0 Å². The molecule has 3 aliphatic rings. The number of rotatable bonds is 6. The molecule has 3 aromatic rings. The summed E-state index contributed by atoms with van der Waals surface area (Å²) in [6.45, 7) is 9.39. The maximum absolute atomic E-state index is 11.9. The van der Waals surface area contributed by atoms with Crippen LogP contribution in [0.5, 0.6) is 5.75 Å². The Morgan fingerprint density at radius 2 is 2.03 bits per heavy atom. The van der Waals surface area contributed by atoms with Gasteiger partial charge in [0, 0.05) is 35.9 Å². The summed E-state index contributed by atoms with van der Waals surface area (Å²) in [4.78, 5) is 4.53. The van der Waals surface area contributed by atoms with Crippen molar-refractivity contribution in [3.05, 3.63) is 84.1 Å². The highest BCUT2D eigenvalue weighted by Gasteiger charge is 2.53. The third-order valence-corrected chi connectivity index (χ3v) is 7.96. The summed E-state index contributed by atoms with van der Waals surface area (Å²) in [5, 5.41) is 12.8. The second-order valence-electron chi connectivity index (χ2n) is 9.75. The summed E-state index contributed by atoms with van der Waals surface area (Å²) >= 11 is 0. The predicted molar refractivity (Wildman–Crippen MR) is 128 cm³/mol. The highest BCUT2D eigenvalue weighted by molar-refractivity contribution is 5.83. The predicted octanol–water partition coefficient (Wildman–Crippen LogP) is 5.20. The number of aliphatic hydroxyl groups is 1. The van der Waals surface area contributed by atoms with Crippen LogP contribution in [0.4, 0.5) is 0 Å². The summed E-state index contributed by atoms with van der Waals surface area (Å²) in [6, 6.07) is 17.0. The molecule has 166 valence electrons. The molecule has 4 heteroatoms. The highest BCUT2D eigenvalue weighted by atomic mass is 16.5. The number of aryl methyl sites for hydroxylation is 1. The van der Waals surface area contributed by atoms with Gasteiger partial charge in [0.1, 0.15) is 24.4 Å². The number of hydrogen-bond acceptors (Lipinski definition) is 3. The number of pyridine rings is 1. The number of benzene rings is 2. The molecule has 3 aliphatic heterocycles. The van der Waals surface area contributed by atoms with E-state index >= 15 is 0 Å². The van der Waals surface area contributed by atoms with Gasteiger partial charge in [-0.05, 0) is 42.7 Å². The first kappa shape index (κ1) is 21.2. The van der Waals surface area contributed by atoms with Gasteiger partial charge >= 0.3 is 0 Å². The number of fused-ring (bicyclic) bond motifs is 4. The van der Waals surface area contributed by atoms with Gasteiger partial charge in [0.25, 0.3) is 0 Å². The summed E-state index contributed by atoms with van der Waals surface area (Å²) in [6.07, 6.45) is 5.66. The number of piperidine rings is 3. The van der Waals surface area contributed by atoms with Crippen LogP contribution < -0.4 is 4.74 Å². The Morgan fingerprint density at radius 3 is 2.78 bits per heavy atom. The zero-order valence-electron chi connectivity index (χ0n) is 19.1. The highest BCUT2D eigenvalue weighted by Crippen LogP contribution is 2.48. The van der Waals surface area contributed by atoms with Crippen molar-refractivity contribution < 1.29 is 14.3 Å². The summed E-state index contributed by atoms with van der Waals surface area (Å²) in [7, 11) is 1.68. The van der Waals surface area contributed by atoms with Crippen molar-refractivity contribution in [2.45, 2.75) is 38.5 Å². The van der Waals surface area contributed by atoms with Crippen molar-refractivity contribution in [3.63, 3.8) is 0 Å². The van der Waals surface area contributed by atoms with Crippen LogP contribution in [0.1, 0.15) is 35.6 Å². The smallest absolute Gasteiger partial charge is 0.131 e. The third-order valence-electron chi connectivity index (χ3n) is 7.96. The van der Waals surface area contributed by atoms with Crippen LogP contribution in [0.3, 0.4) is 0 Å². The largest absolute Gasteiger partial charge is 0.497 e. The first-order valence-corrected chi connectivity index (χ1v) is 11.7. The molecule has 2 aromatic carbocycles. The van der Waals surface area contributed by atoms with Crippen LogP contribution >= 0.6 is 0 Å². The molecule has 32 heavy (non-hydrogen) atoms. The Morgan fingerprint density at radius 1 is 1.22 bits per heavy atom. The van der Waals surface area contributed by atoms with Crippen molar-refractivity contribution >= 4 is 10.9 Å². The Hall–Kier alpha value is -2.69. The van der Waals surface area contributed by atoms with Gasteiger partial charge in [0.2, 0.25) is 0 Å². The molecule has 0 saturated carbocycles. The summed E-state index contributed by atoms with van der Waals surface area (Å²) in [5.74, 6) is 1.92. The quantitative estimate of drug-likeness (QED) is 0.433. The van der Waals surface area contributed by atoms with E-state index in [2.05, 4.69) is 48.8 Å². The van der Waals surface area contributed by atoms with E-state index in [4.69, 9.17) is 4.74 Å². The van der Waals surface area contributed by atoms with E-state index in [1.54, 1.807) is 7.11 Å². The Kier molecular flexibility index (Phi) is 5.52. The maximum Gasteiger partial charge on any atom is 0.131 e. The van der Waals surface area contributed by atoms with Crippen LogP contribution in [-0.4, -0.2) is 40.8 Å². The van der Waals surface area contributed by atoms with E-state index in [0.717, 1.165) is 52.8 Å². The fourth-order valence-electron chi connectivity index (χ4n) is 6.18. The minimum absolute atomic E-state index is 0.156. The first-order valence-electron chi connectivity index (χ1n) is 11.7. The average molecular weight is 430 g/mol. The molecule has 0 spiro atoms. The molecule has 6 rings (SSSR count). The lowest BCUT2D eigenvalue weighted by Crippen LogP contribution is -2.67. The lowest BCUT2D eigenvalue weighted by molar-refractivity contribution is -0.984. The molecule has 2 bridgehead atoms. The topological polar surface area (TPSA) is 42.4 Å². The molecular weight excluding hydrogens is 396 g/mol. The number of ether oxygens (including phenoxy) is 1. The van der Waals surface area contributed by atoms with E-state index < -0.39 is 6.10 Å². The van der Waals surface area contributed by atoms with Crippen molar-refractivity contribution in [2.75, 3.05) is 20.2 Å². The number of aliphatic hydroxyl groups excluding tert-OH is 1. The number of nitrogens with zero attached hydrogens (tertiary/aromatic N) is 2. The second-order valence-corrected chi connectivity index (χ2v) is 9.75. The Balaban J connectivity index is 1.55. The molecule has 1 aromatic heterocycles. The molecule has 3 fully saturated rings. The van der Waals surface area contributed by atoms with Gasteiger partial charge in [0.05, 0.1) is 25.7 Å². The zero-order chi connectivity index (χ0) is 22.3. The van der Waals surface area contributed by atoms with Gasteiger partial charge in [-0.1, -0.05) is 35.9 Å². The molecule has 4 heterocycles. The van der Waals surface area contributed by atoms with Crippen molar-refractivity contribution in [3.8, 4) is 5.75 Å². The molecule has 4 nitrogen and oxygen atoms in total. The number of hydrogen-bond donors (Lipinski definition) is 1. The van der Waals surface area contributed by atoms with Crippen molar-refractivity contribution in [2.24, 2.45) is 11.8 Å². The Bertz CT molecular complexity index is 1130. The molecule has 0 amide bonds. The van der Waals surface area contributed by atoms with Gasteiger partial charge in [0.15, 0.2) is 0 Å². The van der Waals surface area contributed by atoms with Gasteiger partial charge in [-0.15, -0.1) is 6.58 Å². The van der Waals surface area contributed by atoms with Gasteiger partial charge in [-0.3, -0.25) is 4.98 Å². The molecule has 1 N–H and O–H groups in total. The molecular formula is C28H33N2O2+. The SMILES string of the molecule is C=CC1C[N+]2(Cc3ccc(C)cc3)CCC1CC2[C@@H](O)c1ccnc2ccc(OC)cc12. The van der Waals surface area contributed by atoms with E-state index in [-0.39, 0.29) is 6.04 Å². The first-order chi connectivity index (χ1) is 15.5. The van der Waals surface area contributed by atoms with Crippen LogP contribution in [0.25, 0.3) is 10.9 Å².